The minimum atomic E-state index is -0.0875. The predicted octanol–water partition coefficient (Wildman–Crippen LogP) is 1.84. The number of hydrogen-bond acceptors (Lipinski definition) is 2. The molecule has 1 amide bonds. The van der Waals surface area contributed by atoms with E-state index in [9.17, 15) is 4.79 Å². The fraction of sp³-hybridized carbons (Fsp3) is 0.308. The maximum absolute atomic E-state index is 11.9. The summed E-state index contributed by atoms with van der Waals surface area (Å²) in [5, 5.41) is 2.90. The van der Waals surface area contributed by atoms with Gasteiger partial charge in [0.2, 0.25) is 5.91 Å². The molecule has 0 heterocycles. The zero-order valence-electron chi connectivity index (χ0n) is 9.31. The molecule has 3 nitrogen and oxygen atoms in total. The Bertz CT molecular complexity index is 426. The molecule has 2 atom stereocenters. The second kappa shape index (κ2) is 4.49. The Balaban J connectivity index is 2.00. The zero-order valence-corrected chi connectivity index (χ0v) is 9.31. The Morgan fingerprint density at radius 1 is 1.44 bits per heavy atom. The van der Waals surface area contributed by atoms with Crippen molar-refractivity contribution in [1.29, 1.82) is 0 Å². The van der Waals surface area contributed by atoms with Gasteiger partial charge in [-0.2, -0.15) is 0 Å². The van der Waals surface area contributed by atoms with Crippen LogP contribution in [0, 0.1) is 12.8 Å². The number of benzene rings is 1. The Kier molecular flexibility index (Phi) is 3.06. The Labute approximate surface area is 95.3 Å². The molecule has 3 N–H and O–H groups in total. The highest BCUT2D eigenvalue weighted by Crippen LogP contribution is 2.19. The molecule has 3 heteroatoms. The van der Waals surface area contributed by atoms with Gasteiger partial charge >= 0.3 is 0 Å². The number of anilines is 1. The molecule has 2 unspecified atom stereocenters. The van der Waals surface area contributed by atoms with Gasteiger partial charge in [-0.3, -0.25) is 4.79 Å². The van der Waals surface area contributed by atoms with Gasteiger partial charge in [-0.05, 0) is 31.0 Å². The SMILES string of the molecule is Cc1cccc(NC(=O)C2C=CC(N)C2)c1. The summed E-state index contributed by atoms with van der Waals surface area (Å²) >= 11 is 0. The Morgan fingerprint density at radius 3 is 2.88 bits per heavy atom. The molecule has 0 fully saturated rings. The molecule has 0 aliphatic heterocycles. The van der Waals surface area contributed by atoms with Gasteiger partial charge in [0.15, 0.2) is 0 Å². The normalized spacial score (nSPS) is 23.4. The summed E-state index contributed by atoms with van der Waals surface area (Å²) in [5.41, 5.74) is 7.70. The van der Waals surface area contributed by atoms with Gasteiger partial charge in [-0.25, -0.2) is 0 Å². The van der Waals surface area contributed by atoms with Crippen LogP contribution in [0.3, 0.4) is 0 Å². The smallest absolute Gasteiger partial charge is 0.231 e. The van der Waals surface area contributed by atoms with E-state index in [0.29, 0.717) is 6.42 Å². The summed E-state index contributed by atoms with van der Waals surface area (Å²) in [4.78, 5) is 11.9. The summed E-state index contributed by atoms with van der Waals surface area (Å²) in [7, 11) is 0. The molecular weight excluding hydrogens is 200 g/mol. The molecule has 1 aromatic carbocycles. The molecular formula is C13H16N2O. The van der Waals surface area contributed by atoms with E-state index in [4.69, 9.17) is 5.73 Å². The van der Waals surface area contributed by atoms with Crippen LogP contribution in [0.1, 0.15) is 12.0 Å². The number of nitrogens with two attached hydrogens (primary N) is 1. The first-order chi connectivity index (χ1) is 7.65. The van der Waals surface area contributed by atoms with Crippen LogP contribution in [-0.2, 0) is 4.79 Å². The number of carbonyl (C=O) groups is 1. The molecule has 0 radical (unpaired) electrons. The number of amides is 1. The lowest BCUT2D eigenvalue weighted by molar-refractivity contribution is -0.118. The zero-order chi connectivity index (χ0) is 11.5. The summed E-state index contributed by atoms with van der Waals surface area (Å²) in [6.45, 7) is 2.00. The Morgan fingerprint density at radius 2 is 2.25 bits per heavy atom. The number of aryl methyl sites for hydroxylation is 1. The lowest BCUT2D eigenvalue weighted by Crippen LogP contribution is -2.23. The molecule has 0 spiro atoms. The number of carbonyl (C=O) groups excluding carboxylic acids is 1. The van der Waals surface area contributed by atoms with Gasteiger partial charge in [0, 0.05) is 11.7 Å². The van der Waals surface area contributed by atoms with Gasteiger partial charge in [-0.15, -0.1) is 0 Å². The van der Waals surface area contributed by atoms with Crippen molar-refractivity contribution in [3.8, 4) is 0 Å². The molecule has 1 aliphatic carbocycles. The van der Waals surface area contributed by atoms with E-state index >= 15 is 0 Å². The summed E-state index contributed by atoms with van der Waals surface area (Å²) in [5.74, 6) is -0.0645. The third-order valence-corrected chi connectivity index (χ3v) is 2.74. The van der Waals surface area contributed by atoms with Crippen LogP contribution in [-0.4, -0.2) is 11.9 Å². The summed E-state index contributed by atoms with van der Waals surface area (Å²) in [6.07, 6.45) is 4.48. The van der Waals surface area contributed by atoms with E-state index in [2.05, 4.69) is 5.32 Å². The first kappa shape index (κ1) is 10.9. The van der Waals surface area contributed by atoms with Crippen molar-refractivity contribution in [2.45, 2.75) is 19.4 Å². The molecule has 0 aromatic heterocycles. The second-order valence-corrected chi connectivity index (χ2v) is 4.25. The van der Waals surface area contributed by atoms with E-state index in [1.165, 1.54) is 0 Å². The third kappa shape index (κ3) is 2.49. The van der Waals surface area contributed by atoms with Crippen molar-refractivity contribution in [2.24, 2.45) is 11.7 Å². The van der Waals surface area contributed by atoms with E-state index in [0.717, 1.165) is 11.3 Å². The number of rotatable bonds is 2. The highest BCUT2D eigenvalue weighted by Gasteiger charge is 2.22. The lowest BCUT2D eigenvalue weighted by Gasteiger charge is -2.10. The summed E-state index contributed by atoms with van der Waals surface area (Å²) < 4.78 is 0. The molecule has 1 aliphatic rings. The van der Waals surface area contributed by atoms with Gasteiger partial charge in [0.1, 0.15) is 0 Å². The molecule has 0 saturated heterocycles. The van der Waals surface area contributed by atoms with Crippen LogP contribution in [0.15, 0.2) is 36.4 Å². The predicted molar refractivity (Wildman–Crippen MR) is 65.0 cm³/mol. The van der Waals surface area contributed by atoms with Crippen LogP contribution in [0.25, 0.3) is 0 Å². The van der Waals surface area contributed by atoms with Crippen molar-refractivity contribution < 1.29 is 4.79 Å². The quantitative estimate of drug-likeness (QED) is 0.741. The standard InChI is InChI=1S/C13H16N2O/c1-9-3-2-4-12(7-9)15-13(16)10-5-6-11(14)8-10/h2-7,10-11H,8,14H2,1H3,(H,15,16). The van der Waals surface area contributed by atoms with Gasteiger partial charge in [-0.1, -0.05) is 24.3 Å². The van der Waals surface area contributed by atoms with Crippen molar-refractivity contribution in [3.05, 3.63) is 42.0 Å². The summed E-state index contributed by atoms with van der Waals surface area (Å²) in [6, 6.07) is 7.80. The van der Waals surface area contributed by atoms with E-state index in [1.807, 2.05) is 43.3 Å². The molecule has 2 rings (SSSR count). The third-order valence-electron chi connectivity index (χ3n) is 2.74. The first-order valence-corrected chi connectivity index (χ1v) is 5.46. The molecule has 1 aromatic rings. The van der Waals surface area contributed by atoms with Crippen molar-refractivity contribution in [1.82, 2.24) is 0 Å². The number of nitrogens with one attached hydrogen (secondary N) is 1. The van der Waals surface area contributed by atoms with Gasteiger partial charge < -0.3 is 11.1 Å². The van der Waals surface area contributed by atoms with Gasteiger partial charge in [0.05, 0.1) is 5.92 Å². The Hall–Kier alpha value is -1.61. The minimum Gasteiger partial charge on any atom is -0.326 e. The molecule has 16 heavy (non-hydrogen) atoms. The van der Waals surface area contributed by atoms with Crippen molar-refractivity contribution in [3.63, 3.8) is 0 Å². The average molecular weight is 216 g/mol. The second-order valence-electron chi connectivity index (χ2n) is 4.25. The maximum atomic E-state index is 11.9. The van der Waals surface area contributed by atoms with E-state index < -0.39 is 0 Å². The highest BCUT2D eigenvalue weighted by atomic mass is 16.1. The van der Waals surface area contributed by atoms with Crippen LogP contribution < -0.4 is 11.1 Å². The fourth-order valence-electron chi connectivity index (χ4n) is 1.88. The van der Waals surface area contributed by atoms with Crippen molar-refractivity contribution in [2.75, 3.05) is 5.32 Å². The monoisotopic (exact) mass is 216 g/mol. The van der Waals surface area contributed by atoms with Crippen molar-refractivity contribution >= 4 is 11.6 Å². The topological polar surface area (TPSA) is 55.1 Å². The minimum absolute atomic E-state index is 0.0215. The van der Waals surface area contributed by atoms with Crippen LogP contribution in [0.4, 0.5) is 5.69 Å². The highest BCUT2D eigenvalue weighted by molar-refractivity contribution is 5.94. The van der Waals surface area contributed by atoms with Crippen LogP contribution >= 0.6 is 0 Å². The van der Waals surface area contributed by atoms with E-state index in [1.54, 1.807) is 0 Å². The molecule has 0 bridgehead atoms. The molecule has 0 saturated carbocycles. The maximum Gasteiger partial charge on any atom is 0.231 e. The average Bonchev–Trinajstić information content (AvgIpc) is 2.65. The fourth-order valence-corrected chi connectivity index (χ4v) is 1.88. The van der Waals surface area contributed by atoms with Crippen LogP contribution in [0.2, 0.25) is 0 Å². The molecule has 84 valence electrons. The lowest BCUT2D eigenvalue weighted by atomic mass is 10.1. The van der Waals surface area contributed by atoms with E-state index in [-0.39, 0.29) is 17.9 Å². The largest absolute Gasteiger partial charge is 0.326 e. The van der Waals surface area contributed by atoms with Crippen LogP contribution in [0.5, 0.6) is 0 Å². The number of hydrogen-bond donors (Lipinski definition) is 2. The first-order valence-electron chi connectivity index (χ1n) is 5.46. The van der Waals surface area contributed by atoms with Gasteiger partial charge in [0.25, 0.3) is 0 Å².